The summed E-state index contributed by atoms with van der Waals surface area (Å²) in [6.45, 7) is 8.14. The summed E-state index contributed by atoms with van der Waals surface area (Å²) in [6.07, 6.45) is -0.316. The van der Waals surface area contributed by atoms with E-state index in [4.69, 9.17) is 30.5 Å². The third-order valence-electron chi connectivity index (χ3n) is 7.59. The van der Waals surface area contributed by atoms with Gasteiger partial charge in [0.2, 0.25) is 5.06 Å². The molecule has 10 nitrogen and oxygen atoms in total. The van der Waals surface area contributed by atoms with E-state index in [0.717, 1.165) is 28.2 Å². The summed E-state index contributed by atoms with van der Waals surface area (Å²) < 4.78 is 52.0. The fourth-order valence-corrected chi connectivity index (χ4v) is 8.25. The normalized spacial score (nSPS) is 13.8. The summed E-state index contributed by atoms with van der Waals surface area (Å²) in [7, 11) is -0.829. The van der Waals surface area contributed by atoms with Crippen molar-refractivity contribution < 1.29 is 32.2 Å². The summed E-state index contributed by atoms with van der Waals surface area (Å²) in [6, 6.07) is 23.5. The molecule has 1 aromatic heterocycles. The van der Waals surface area contributed by atoms with Crippen LogP contribution >= 0.6 is 22.9 Å². The zero-order chi connectivity index (χ0) is 34.5. The molecule has 1 aliphatic rings. The molecule has 1 amide bonds. The molecule has 0 radical (unpaired) electrons. The second-order valence-electron chi connectivity index (χ2n) is 12.2. The van der Waals surface area contributed by atoms with Crippen LogP contribution in [0.4, 0.5) is 10.5 Å². The van der Waals surface area contributed by atoms with E-state index in [1.807, 2.05) is 63.2 Å². The first-order valence-corrected chi connectivity index (χ1v) is 18.0. The molecule has 5 rings (SSSR count). The first-order valence-electron chi connectivity index (χ1n) is 15.4. The molecule has 0 spiro atoms. The Balaban J connectivity index is 1.32. The number of nitrogens with zero attached hydrogens (tertiary/aromatic N) is 3. The molecule has 0 saturated carbocycles. The Morgan fingerprint density at radius 3 is 1.92 bits per heavy atom. The first kappa shape index (κ1) is 35.3. The van der Waals surface area contributed by atoms with Gasteiger partial charge in [0, 0.05) is 51.0 Å². The third-order valence-corrected chi connectivity index (χ3v) is 11.2. The molecule has 48 heavy (non-hydrogen) atoms. The monoisotopic (exact) mass is 713 g/mol. The lowest BCUT2D eigenvalue weighted by atomic mass is 10.2. The van der Waals surface area contributed by atoms with E-state index in [1.54, 1.807) is 49.5 Å². The summed E-state index contributed by atoms with van der Waals surface area (Å²) in [4.78, 5) is 16.4. The minimum Gasteiger partial charge on any atom is -0.497 e. The molecule has 0 bridgehead atoms. The molecule has 1 fully saturated rings. The number of ether oxygens (including phenoxy) is 4. The first-order chi connectivity index (χ1) is 22.8. The van der Waals surface area contributed by atoms with Gasteiger partial charge in [-0.2, -0.15) is 4.31 Å². The van der Waals surface area contributed by atoms with Crippen LogP contribution in [0.5, 0.6) is 22.3 Å². The van der Waals surface area contributed by atoms with Crippen molar-refractivity contribution in [1.82, 2.24) is 9.21 Å². The van der Waals surface area contributed by atoms with Gasteiger partial charge in [0.15, 0.2) is 0 Å². The summed E-state index contributed by atoms with van der Waals surface area (Å²) in [5, 5.41) is 0.472. The molecular weight excluding hydrogens is 674 g/mol. The quantitative estimate of drug-likeness (QED) is 0.156. The van der Waals surface area contributed by atoms with Gasteiger partial charge in [-0.25, -0.2) is 13.2 Å². The van der Waals surface area contributed by atoms with Crippen LogP contribution in [-0.2, 0) is 27.8 Å². The number of methoxy groups -OCH3 is 2. The number of carbonyl (C=O) groups excluding carboxylic acids is 1. The smallest absolute Gasteiger partial charge is 0.410 e. The SMILES string of the molecule is COc1ccc(CN(Cc2ccc(OC)cc2)S(=O)(=O)c2cc(Cl)c(Oc3cccc(N4CCN(C(=O)OC(C)(C)C)CC4)c3)s2)cc1. The Morgan fingerprint density at radius 1 is 0.833 bits per heavy atom. The lowest BCUT2D eigenvalue weighted by Gasteiger charge is -2.36. The lowest BCUT2D eigenvalue weighted by Crippen LogP contribution is -2.50. The Bertz CT molecular complexity index is 1750. The van der Waals surface area contributed by atoms with E-state index in [0.29, 0.717) is 43.4 Å². The second-order valence-corrected chi connectivity index (χ2v) is 15.8. The fraction of sp³-hybridized carbons (Fsp3) is 0.343. The maximum Gasteiger partial charge on any atom is 0.410 e. The zero-order valence-corrected chi connectivity index (χ0v) is 30.0. The van der Waals surface area contributed by atoms with Crippen LogP contribution in [0.15, 0.2) is 83.1 Å². The van der Waals surface area contributed by atoms with E-state index < -0.39 is 15.6 Å². The number of amides is 1. The predicted molar refractivity (Wildman–Crippen MR) is 188 cm³/mol. The van der Waals surface area contributed by atoms with Crippen molar-refractivity contribution in [2.75, 3.05) is 45.3 Å². The predicted octanol–water partition coefficient (Wildman–Crippen LogP) is 7.66. The molecule has 4 aromatic rings. The van der Waals surface area contributed by atoms with E-state index in [2.05, 4.69) is 4.90 Å². The molecular formula is C35H40ClN3O7S2. The van der Waals surface area contributed by atoms with Gasteiger partial charge in [-0.1, -0.05) is 53.3 Å². The molecule has 13 heteroatoms. The van der Waals surface area contributed by atoms with E-state index in [1.165, 1.54) is 10.4 Å². The second kappa shape index (κ2) is 15.1. The maximum atomic E-state index is 14.1. The highest BCUT2D eigenvalue weighted by molar-refractivity contribution is 7.91. The lowest BCUT2D eigenvalue weighted by molar-refractivity contribution is 0.0240. The fourth-order valence-electron chi connectivity index (χ4n) is 5.08. The van der Waals surface area contributed by atoms with Gasteiger partial charge in [-0.15, -0.1) is 0 Å². The van der Waals surface area contributed by atoms with Crippen molar-refractivity contribution >= 4 is 44.7 Å². The van der Waals surface area contributed by atoms with Crippen LogP contribution in [0.1, 0.15) is 31.9 Å². The van der Waals surface area contributed by atoms with E-state index in [9.17, 15) is 13.2 Å². The highest BCUT2D eigenvalue weighted by Crippen LogP contribution is 2.42. The summed E-state index contributed by atoms with van der Waals surface area (Å²) >= 11 is 7.56. The standard InChI is InChI=1S/C35H40ClN3O7S2/c1-35(2,3)46-34(40)38-19-17-37(18-20-38)27-7-6-8-30(21-27)45-33-31(36)22-32(47-33)48(41,42)39(23-25-9-13-28(43-4)14-10-25)24-26-11-15-29(44-5)16-12-26/h6-16,21-22H,17-20,23-24H2,1-5H3. The van der Waals surface area contributed by atoms with Crippen LogP contribution < -0.4 is 19.1 Å². The average molecular weight is 714 g/mol. The minimum atomic E-state index is -4.00. The number of sulfonamides is 1. The number of halogens is 1. The van der Waals surface area contributed by atoms with E-state index in [-0.39, 0.29) is 33.5 Å². The third kappa shape index (κ3) is 8.93. The number of hydrogen-bond acceptors (Lipinski definition) is 9. The Morgan fingerprint density at radius 2 is 1.40 bits per heavy atom. The molecule has 3 aromatic carbocycles. The molecule has 0 aliphatic carbocycles. The number of hydrogen-bond donors (Lipinski definition) is 0. The number of anilines is 1. The van der Waals surface area contributed by atoms with Gasteiger partial charge in [-0.3, -0.25) is 0 Å². The van der Waals surface area contributed by atoms with E-state index >= 15 is 0 Å². The average Bonchev–Trinajstić information content (AvgIpc) is 3.44. The van der Waals surface area contributed by atoms with Crippen LogP contribution in [0.3, 0.4) is 0 Å². The molecule has 0 N–H and O–H groups in total. The van der Waals surface area contributed by atoms with Gasteiger partial charge in [0.05, 0.1) is 19.2 Å². The topological polar surface area (TPSA) is 97.9 Å². The molecule has 0 unspecified atom stereocenters. The van der Waals surface area contributed by atoms with Crippen molar-refractivity contribution in [2.24, 2.45) is 0 Å². The van der Waals surface area contributed by atoms with Gasteiger partial charge in [0.25, 0.3) is 10.0 Å². The molecule has 2 heterocycles. The van der Waals surface area contributed by atoms with Gasteiger partial charge in [0.1, 0.15) is 27.1 Å². The number of benzene rings is 3. The number of rotatable bonds is 11. The van der Waals surface area contributed by atoms with Crippen LogP contribution in [0, 0.1) is 0 Å². The molecule has 1 saturated heterocycles. The summed E-state index contributed by atoms with van der Waals surface area (Å²) in [5.74, 6) is 1.88. The number of carbonyl (C=O) groups is 1. The van der Waals surface area contributed by atoms with Crippen LogP contribution in [-0.4, -0.2) is 69.7 Å². The number of thiophene rings is 1. The highest BCUT2D eigenvalue weighted by Gasteiger charge is 2.30. The highest BCUT2D eigenvalue weighted by atomic mass is 35.5. The minimum absolute atomic E-state index is 0.0685. The van der Waals surface area contributed by atoms with Crippen molar-refractivity contribution in [3.8, 4) is 22.3 Å². The Labute approximate surface area is 291 Å². The summed E-state index contributed by atoms with van der Waals surface area (Å²) in [5.41, 5.74) is 1.97. The molecule has 256 valence electrons. The van der Waals surface area contributed by atoms with Crippen LogP contribution in [0.25, 0.3) is 0 Å². The molecule has 1 aliphatic heterocycles. The Hall–Kier alpha value is -3.97. The van der Waals surface area contributed by atoms with Gasteiger partial charge >= 0.3 is 6.09 Å². The van der Waals surface area contributed by atoms with Crippen molar-refractivity contribution in [1.29, 1.82) is 0 Å². The van der Waals surface area contributed by atoms with Crippen molar-refractivity contribution in [3.05, 3.63) is 95.0 Å². The zero-order valence-electron chi connectivity index (χ0n) is 27.6. The van der Waals surface area contributed by atoms with Crippen LogP contribution in [0.2, 0.25) is 5.02 Å². The number of piperazine rings is 1. The maximum absolute atomic E-state index is 14.1. The van der Waals surface area contributed by atoms with Crippen molar-refractivity contribution in [3.63, 3.8) is 0 Å². The van der Waals surface area contributed by atoms with Gasteiger partial charge in [-0.05, 0) is 74.4 Å². The van der Waals surface area contributed by atoms with Gasteiger partial charge < -0.3 is 28.7 Å². The Kier molecular flexibility index (Phi) is 11.1. The molecule has 0 atom stereocenters. The largest absolute Gasteiger partial charge is 0.497 e. The van der Waals surface area contributed by atoms with Crippen molar-refractivity contribution in [2.45, 2.75) is 43.7 Å².